The summed E-state index contributed by atoms with van der Waals surface area (Å²) in [6.07, 6.45) is 6.18. The lowest BCUT2D eigenvalue weighted by Crippen LogP contribution is -2.15. The second-order valence-electron chi connectivity index (χ2n) is 6.49. The summed E-state index contributed by atoms with van der Waals surface area (Å²) >= 11 is 12.0. The standard InChI is InChI=1S/C18H17Cl2N5O2/c1-27-3-2-25-9-11(7-22-25)12-6-13(12)18(26)24-16-5-10-4-15(19)23-17(20)14(10)8-21-16/h4-5,7-9,12-13H,2-3,6H2,1H3,(H,21,24,26). The summed E-state index contributed by atoms with van der Waals surface area (Å²) in [5, 5.41) is 9.22. The van der Waals surface area contributed by atoms with E-state index in [9.17, 15) is 4.79 Å². The smallest absolute Gasteiger partial charge is 0.229 e. The molecule has 2 atom stereocenters. The second kappa shape index (κ2) is 7.42. The van der Waals surface area contributed by atoms with Gasteiger partial charge in [0.15, 0.2) is 0 Å². The summed E-state index contributed by atoms with van der Waals surface area (Å²) in [7, 11) is 1.66. The van der Waals surface area contributed by atoms with E-state index in [1.807, 2.05) is 17.1 Å². The number of hydrogen-bond acceptors (Lipinski definition) is 5. The molecule has 3 heterocycles. The largest absolute Gasteiger partial charge is 0.383 e. The number of nitrogens with zero attached hydrogens (tertiary/aromatic N) is 4. The van der Waals surface area contributed by atoms with Crippen molar-refractivity contribution < 1.29 is 9.53 Å². The minimum Gasteiger partial charge on any atom is -0.383 e. The highest BCUT2D eigenvalue weighted by Gasteiger charge is 2.44. The van der Waals surface area contributed by atoms with Crippen molar-refractivity contribution >= 4 is 45.7 Å². The number of methoxy groups -OCH3 is 1. The van der Waals surface area contributed by atoms with Crippen LogP contribution in [0.4, 0.5) is 5.82 Å². The average molecular weight is 406 g/mol. The van der Waals surface area contributed by atoms with E-state index in [4.69, 9.17) is 27.9 Å². The molecule has 0 aromatic carbocycles. The molecule has 1 fully saturated rings. The number of hydrogen-bond donors (Lipinski definition) is 1. The van der Waals surface area contributed by atoms with Gasteiger partial charge in [0.1, 0.15) is 16.1 Å². The summed E-state index contributed by atoms with van der Waals surface area (Å²) in [6.45, 7) is 1.30. The van der Waals surface area contributed by atoms with Crippen LogP contribution in [-0.2, 0) is 16.1 Å². The van der Waals surface area contributed by atoms with Crippen LogP contribution in [0.15, 0.2) is 30.7 Å². The Morgan fingerprint density at radius 1 is 1.37 bits per heavy atom. The summed E-state index contributed by atoms with van der Waals surface area (Å²) in [4.78, 5) is 20.8. The van der Waals surface area contributed by atoms with Gasteiger partial charge >= 0.3 is 0 Å². The van der Waals surface area contributed by atoms with E-state index in [-0.39, 0.29) is 22.9 Å². The minimum absolute atomic E-state index is 0.0530. The van der Waals surface area contributed by atoms with Crippen molar-refractivity contribution in [2.24, 2.45) is 5.92 Å². The number of pyridine rings is 2. The Kier molecular flexibility index (Phi) is 4.99. The number of carbonyl (C=O) groups is 1. The van der Waals surface area contributed by atoms with Crippen molar-refractivity contribution in [3.8, 4) is 0 Å². The lowest BCUT2D eigenvalue weighted by molar-refractivity contribution is -0.117. The average Bonchev–Trinajstić information content (AvgIpc) is 3.30. The third-order valence-electron chi connectivity index (χ3n) is 4.62. The van der Waals surface area contributed by atoms with Crippen molar-refractivity contribution in [1.29, 1.82) is 0 Å². The first-order valence-electron chi connectivity index (χ1n) is 8.49. The fourth-order valence-electron chi connectivity index (χ4n) is 3.10. The second-order valence-corrected chi connectivity index (χ2v) is 7.24. The Bertz CT molecular complexity index is 1010. The van der Waals surface area contributed by atoms with Gasteiger partial charge in [-0.1, -0.05) is 23.2 Å². The molecular weight excluding hydrogens is 389 g/mol. The molecule has 3 aromatic heterocycles. The summed E-state index contributed by atoms with van der Waals surface area (Å²) in [5.41, 5.74) is 1.07. The molecule has 1 amide bonds. The first kappa shape index (κ1) is 18.2. The Balaban J connectivity index is 1.43. The number of nitrogens with one attached hydrogen (secondary N) is 1. The topological polar surface area (TPSA) is 81.9 Å². The number of aromatic nitrogens is 4. The Hall–Kier alpha value is -2.22. The van der Waals surface area contributed by atoms with Crippen LogP contribution in [0.25, 0.3) is 10.8 Å². The van der Waals surface area contributed by atoms with Crippen LogP contribution >= 0.6 is 23.2 Å². The molecule has 27 heavy (non-hydrogen) atoms. The number of amides is 1. The zero-order valence-corrected chi connectivity index (χ0v) is 16.0. The predicted octanol–water partition coefficient (Wildman–Crippen LogP) is 3.52. The summed E-state index contributed by atoms with van der Waals surface area (Å²) in [6, 6.07) is 3.43. The highest BCUT2D eigenvalue weighted by molar-refractivity contribution is 6.36. The number of halogens is 2. The monoisotopic (exact) mass is 405 g/mol. The highest BCUT2D eigenvalue weighted by atomic mass is 35.5. The number of rotatable bonds is 6. The summed E-state index contributed by atoms with van der Waals surface area (Å²) < 4.78 is 6.88. The molecule has 1 aliphatic carbocycles. The van der Waals surface area contributed by atoms with E-state index >= 15 is 0 Å². The molecule has 0 bridgehead atoms. The lowest BCUT2D eigenvalue weighted by Gasteiger charge is -2.06. The molecule has 1 N–H and O–H groups in total. The van der Waals surface area contributed by atoms with Crippen LogP contribution in [0.1, 0.15) is 17.9 Å². The van der Waals surface area contributed by atoms with Gasteiger partial charge in [-0.15, -0.1) is 0 Å². The van der Waals surface area contributed by atoms with Gasteiger partial charge in [-0.05, 0) is 35.4 Å². The Morgan fingerprint density at radius 3 is 3.04 bits per heavy atom. The fraction of sp³-hybridized carbons (Fsp3) is 0.333. The number of carbonyl (C=O) groups excluding carboxylic acids is 1. The minimum atomic E-state index is -0.0767. The molecule has 0 radical (unpaired) electrons. The van der Waals surface area contributed by atoms with Crippen molar-refractivity contribution in [3.05, 3.63) is 46.6 Å². The van der Waals surface area contributed by atoms with Crippen LogP contribution in [-0.4, -0.2) is 39.4 Å². The maximum Gasteiger partial charge on any atom is 0.229 e. The van der Waals surface area contributed by atoms with Gasteiger partial charge < -0.3 is 10.1 Å². The van der Waals surface area contributed by atoms with E-state index in [0.29, 0.717) is 29.5 Å². The van der Waals surface area contributed by atoms with Gasteiger partial charge in [0.2, 0.25) is 5.91 Å². The molecule has 9 heteroatoms. The Morgan fingerprint density at radius 2 is 2.22 bits per heavy atom. The molecule has 1 aliphatic rings. The molecular formula is C18H17Cl2N5O2. The molecule has 2 unspecified atom stereocenters. The van der Waals surface area contributed by atoms with E-state index in [1.54, 1.807) is 25.4 Å². The van der Waals surface area contributed by atoms with Crippen molar-refractivity contribution in [3.63, 3.8) is 0 Å². The van der Waals surface area contributed by atoms with Crippen molar-refractivity contribution in [2.45, 2.75) is 18.9 Å². The van der Waals surface area contributed by atoms with Crippen LogP contribution < -0.4 is 5.32 Å². The van der Waals surface area contributed by atoms with E-state index < -0.39 is 0 Å². The van der Waals surface area contributed by atoms with Gasteiger partial charge in [0.05, 0.1) is 19.3 Å². The van der Waals surface area contributed by atoms with Crippen molar-refractivity contribution in [2.75, 3.05) is 19.0 Å². The number of ether oxygens (including phenoxy) is 1. The third-order valence-corrected chi connectivity index (χ3v) is 5.10. The van der Waals surface area contributed by atoms with Gasteiger partial charge in [-0.3, -0.25) is 9.48 Å². The van der Waals surface area contributed by atoms with Gasteiger partial charge in [-0.25, -0.2) is 9.97 Å². The van der Waals surface area contributed by atoms with Crippen LogP contribution in [0.5, 0.6) is 0 Å². The van der Waals surface area contributed by atoms with Crippen LogP contribution in [0.2, 0.25) is 10.3 Å². The zero-order chi connectivity index (χ0) is 19.0. The van der Waals surface area contributed by atoms with Crippen LogP contribution in [0.3, 0.4) is 0 Å². The van der Waals surface area contributed by atoms with E-state index in [2.05, 4.69) is 20.4 Å². The molecule has 7 nitrogen and oxygen atoms in total. The maximum absolute atomic E-state index is 12.5. The third kappa shape index (κ3) is 3.90. The molecule has 1 saturated carbocycles. The lowest BCUT2D eigenvalue weighted by atomic mass is 10.2. The highest BCUT2D eigenvalue weighted by Crippen LogP contribution is 2.47. The van der Waals surface area contributed by atoms with Gasteiger partial charge in [0, 0.05) is 30.8 Å². The van der Waals surface area contributed by atoms with Gasteiger partial charge in [0.25, 0.3) is 0 Å². The molecule has 0 saturated heterocycles. The quantitative estimate of drug-likeness (QED) is 0.634. The van der Waals surface area contributed by atoms with E-state index in [1.165, 1.54) is 0 Å². The molecule has 3 aromatic rings. The van der Waals surface area contributed by atoms with E-state index in [0.717, 1.165) is 17.4 Å². The predicted molar refractivity (Wildman–Crippen MR) is 103 cm³/mol. The molecule has 140 valence electrons. The Labute approximate surface area is 165 Å². The maximum atomic E-state index is 12.5. The zero-order valence-electron chi connectivity index (χ0n) is 14.5. The first-order chi connectivity index (χ1) is 13.0. The normalized spacial score (nSPS) is 18.6. The number of anilines is 1. The fourth-order valence-corrected chi connectivity index (χ4v) is 3.59. The SMILES string of the molecule is COCCn1cc(C2CC2C(=O)Nc2cc3cc(Cl)nc(Cl)c3cn2)cn1. The van der Waals surface area contributed by atoms with Gasteiger partial charge in [-0.2, -0.15) is 5.10 Å². The van der Waals surface area contributed by atoms with Crippen molar-refractivity contribution in [1.82, 2.24) is 19.7 Å². The first-order valence-corrected chi connectivity index (χ1v) is 9.24. The van der Waals surface area contributed by atoms with Crippen LogP contribution in [0, 0.1) is 5.92 Å². The molecule has 0 spiro atoms. The molecule has 4 rings (SSSR count). The molecule has 0 aliphatic heterocycles. The summed E-state index contributed by atoms with van der Waals surface area (Å²) in [5.74, 6) is 0.525. The number of fused-ring (bicyclic) bond motifs is 1.